The van der Waals surface area contributed by atoms with Crippen molar-refractivity contribution in [3.8, 4) is 5.75 Å². The van der Waals surface area contributed by atoms with E-state index in [2.05, 4.69) is 51.3 Å². The molecule has 2 amide bonds. The van der Waals surface area contributed by atoms with Gasteiger partial charge in [-0.15, -0.1) is 4.36 Å². The van der Waals surface area contributed by atoms with Crippen molar-refractivity contribution in [1.82, 2.24) is 9.29 Å². The number of carbonyl (C=O) groups is 2. The highest BCUT2D eigenvalue weighted by atomic mass is 32.2. The van der Waals surface area contributed by atoms with E-state index in [1.54, 1.807) is 37.1 Å². The van der Waals surface area contributed by atoms with Crippen molar-refractivity contribution < 1.29 is 28.0 Å². The van der Waals surface area contributed by atoms with Crippen LogP contribution in [0.3, 0.4) is 0 Å². The first-order valence-electron chi connectivity index (χ1n) is 18.6. The third-order valence-corrected chi connectivity index (χ3v) is 13.6. The van der Waals surface area contributed by atoms with E-state index >= 15 is 0 Å². The topological polar surface area (TPSA) is 111 Å². The predicted octanol–water partition coefficient (Wildman–Crippen LogP) is 6.54. The lowest BCUT2D eigenvalue weighted by molar-refractivity contribution is 0.0131. The minimum absolute atomic E-state index is 0.0118. The number of hydrogen-bond donors (Lipinski definition) is 1. The van der Waals surface area contributed by atoms with Crippen LogP contribution in [0.4, 0.5) is 5.69 Å². The molecule has 1 unspecified atom stereocenters. The van der Waals surface area contributed by atoms with Crippen molar-refractivity contribution in [1.29, 1.82) is 0 Å². The van der Waals surface area contributed by atoms with Crippen molar-refractivity contribution in [3.05, 3.63) is 94.3 Å². The second-order valence-corrected chi connectivity index (χ2v) is 17.5. The van der Waals surface area contributed by atoms with Crippen LogP contribution in [0.15, 0.2) is 65.2 Å². The molecule has 1 aromatic heterocycles. The van der Waals surface area contributed by atoms with Gasteiger partial charge in [0.2, 0.25) is 0 Å². The molecule has 11 heteroatoms. The molecule has 52 heavy (non-hydrogen) atoms. The molecule has 3 aromatic rings. The Labute approximate surface area is 308 Å². The fraction of sp³-hybridized carbons (Fsp3) is 0.512. The maximum absolute atomic E-state index is 14.6. The van der Waals surface area contributed by atoms with Crippen LogP contribution in [0.2, 0.25) is 0 Å². The van der Waals surface area contributed by atoms with Crippen LogP contribution in [0, 0.1) is 24.7 Å². The summed E-state index contributed by atoms with van der Waals surface area (Å²) in [5.41, 5.74) is 6.09. The molecule has 278 valence electrons. The quantitative estimate of drug-likeness (QED) is 0.297. The molecule has 0 radical (unpaired) electrons. The lowest BCUT2D eigenvalue weighted by Gasteiger charge is -2.46. The van der Waals surface area contributed by atoms with Gasteiger partial charge in [0.05, 0.1) is 36.3 Å². The first-order chi connectivity index (χ1) is 25.0. The monoisotopic (exact) mass is 728 g/mol. The third-order valence-electron chi connectivity index (χ3n) is 11.6. The highest BCUT2D eigenvalue weighted by Gasteiger charge is 2.44. The van der Waals surface area contributed by atoms with Gasteiger partial charge in [-0.3, -0.25) is 14.3 Å². The van der Waals surface area contributed by atoms with Crippen molar-refractivity contribution >= 4 is 27.4 Å². The SMILES string of the molecule is COCc1cc(C(=O)NS2(=O)=NC(=O)c3ccc4c(c3)N(C[C@@H]3CC[C@H]3[C@@H](OC)/C=C/C[C@H](C)C2)C[C@@]2(CCCc3cc(C)ccc32)CO4)cn1C. The van der Waals surface area contributed by atoms with Crippen LogP contribution in [0.1, 0.15) is 82.1 Å². The van der Waals surface area contributed by atoms with Gasteiger partial charge in [0.15, 0.2) is 0 Å². The van der Waals surface area contributed by atoms with Gasteiger partial charge < -0.3 is 23.7 Å². The Hall–Kier alpha value is -3.93. The lowest BCUT2D eigenvalue weighted by Crippen LogP contribution is -2.49. The Bertz CT molecular complexity index is 2000. The number of nitrogens with zero attached hydrogens (tertiary/aromatic N) is 3. The maximum Gasteiger partial charge on any atom is 0.286 e. The number of hydrogen-bond acceptors (Lipinski definition) is 7. The molecule has 7 rings (SSSR count). The molecule has 0 saturated heterocycles. The average Bonchev–Trinajstić information content (AvgIpc) is 3.39. The Morgan fingerprint density at radius 1 is 1.15 bits per heavy atom. The molecule has 6 atom stereocenters. The highest BCUT2D eigenvalue weighted by molar-refractivity contribution is 7.92. The van der Waals surface area contributed by atoms with E-state index in [1.165, 1.54) is 16.7 Å². The van der Waals surface area contributed by atoms with E-state index in [0.29, 0.717) is 42.6 Å². The highest BCUT2D eigenvalue weighted by Crippen LogP contribution is 2.47. The zero-order valence-electron chi connectivity index (χ0n) is 31.1. The summed E-state index contributed by atoms with van der Waals surface area (Å²) in [5.74, 6) is 0.175. The minimum atomic E-state index is -3.53. The summed E-state index contributed by atoms with van der Waals surface area (Å²) >= 11 is 0. The second-order valence-electron chi connectivity index (χ2n) is 15.5. The number of rotatable bonds is 5. The summed E-state index contributed by atoms with van der Waals surface area (Å²) in [6.07, 6.45) is 11.8. The summed E-state index contributed by atoms with van der Waals surface area (Å²) < 4.78 is 41.4. The van der Waals surface area contributed by atoms with Gasteiger partial charge in [0, 0.05) is 57.2 Å². The molecule has 1 N–H and O–H groups in total. The number of methoxy groups -OCH3 is 2. The number of allylic oxidation sites excluding steroid dienone is 1. The number of aromatic nitrogens is 1. The Balaban J connectivity index is 1.29. The first-order valence-corrected chi connectivity index (χ1v) is 20.2. The van der Waals surface area contributed by atoms with E-state index in [4.69, 9.17) is 14.2 Å². The van der Waals surface area contributed by atoms with Crippen LogP contribution < -0.4 is 14.4 Å². The minimum Gasteiger partial charge on any atom is -0.490 e. The molecule has 10 nitrogen and oxygen atoms in total. The number of anilines is 1. The zero-order valence-corrected chi connectivity index (χ0v) is 31.9. The van der Waals surface area contributed by atoms with Gasteiger partial charge in [-0.25, -0.2) is 4.21 Å². The largest absolute Gasteiger partial charge is 0.490 e. The van der Waals surface area contributed by atoms with Crippen molar-refractivity contribution in [2.45, 2.75) is 70.5 Å². The van der Waals surface area contributed by atoms with E-state index < -0.39 is 21.7 Å². The maximum atomic E-state index is 14.6. The number of fused-ring (bicyclic) bond motifs is 4. The second kappa shape index (κ2) is 14.8. The number of nitrogens with one attached hydrogen (secondary N) is 1. The lowest BCUT2D eigenvalue weighted by atomic mass is 9.68. The standard InChI is InChI=1S/C41H52N4O6S/c1-27-11-15-35-29(18-27)9-7-17-41(35)25-45-22-31-12-14-34(31)37(50-5)10-6-8-28(2)24-52(48,43-40(47)32-19-33(23-49-4)44(3)21-32)42-39(46)30-13-16-38(51-26-41)36(45)20-30/h6,10-11,13,15-16,18-21,28,31,34,37H,7-9,12,14,17,22-26H2,1-5H3,(H,42,43,46,47,48)/b10-6+/t28-,31-,34+,37-,41-,52?/m0/s1. The molecule has 2 aromatic carbocycles. The van der Waals surface area contributed by atoms with E-state index in [9.17, 15) is 13.8 Å². The van der Waals surface area contributed by atoms with E-state index in [-0.39, 0.29) is 23.2 Å². The normalized spacial score (nSPS) is 29.5. The van der Waals surface area contributed by atoms with Gasteiger partial charge >= 0.3 is 0 Å². The summed E-state index contributed by atoms with van der Waals surface area (Å²) in [7, 11) is 1.65. The number of benzene rings is 2. The number of carbonyl (C=O) groups excluding carboxylic acids is 2. The molecule has 1 spiro atoms. The molecular formula is C41H52N4O6S. The van der Waals surface area contributed by atoms with Crippen molar-refractivity contribution in [2.24, 2.45) is 29.2 Å². The summed E-state index contributed by atoms with van der Waals surface area (Å²) in [6.45, 7) is 6.54. The van der Waals surface area contributed by atoms with E-state index in [0.717, 1.165) is 62.3 Å². The molecule has 2 aliphatic carbocycles. The molecule has 1 saturated carbocycles. The van der Waals surface area contributed by atoms with Crippen LogP contribution in [-0.2, 0) is 44.9 Å². The van der Waals surface area contributed by atoms with Crippen LogP contribution in [-0.4, -0.2) is 66.4 Å². The summed E-state index contributed by atoms with van der Waals surface area (Å²) in [4.78, 5) is 30.0. The zero-order chi connectivity index (χ0) is 36.6. The molecule has 3 heterocycles. The molecular weight excluding hydrogens is 677 g/mol. The van der Waals surface area contributed by atoms with Crippen LogP contribution in [0.5, 0.6) is 5.75 Å². The van der Waals surface area contributed by atoms with Crippen LogP contribution >= 0.6 is 0 Å². The summed E-state index contributed by atoms with van der Waals surface area (Å²) in [5, 5.41) is 0. The fourth-order valence-corrected chi connectivity index (χ4v) is 10.6. The Morgan fingerprint density at radius 3 is 2.77 bits per heavy atom. The van der Waals surface area contributed by atoms with E-state index in [1.807, 2.05) is 26.1 Å². The Morgan fingerprint density at radius 2 is 2.00 bits per heavy atom. The number of ether oxygens (including phenoxy) is 3. The third kappa shape index (κ3) is 7.32. The Kier molecular flexibility index (Phi) is 10.4. The van der Waals surface area contributed by atoms with Gasteiger partial charge in [0.1, 0.15) is 15.7 Å². The smallest absolute Gasteiger partial charge is 0.286 e. The molecule has 2 aliphatic heterocycles. The molecule has 1 fully saturated rings. The number of aryl methyl sites for hydroxylation is 3. The van der Waals surface area contributed by atoms with Gasteiger partial charge in [-0.1, -0.05) is 42.8 Å². The average molecular weight is 729 g/mol. The van der Waals surface area contributed by atoms with Crippen molar-refractivity contribution in [3.63, 3.8) is 0 Å². The van der Waals surface area contributed by atoms with Gasteiger partial charge in [-0.05, 0) is 98.6 Å². The fourth-order valence-electron chi connectivity index (χ4n) is 8.76. The van der Waals surface area contributed by atoms with Gasteiger partial charge in [0.25, 0.3) is 11.8 Å². The first kappa shape index (κ1) is 36.4. The summed E-state index contributed by atoms with van der Waals surface area (Å²) in [6, 6.07) is 13.9. The molecule has 2 bridgehead atoms. The predicted molar refractivity (Wildman–Crippen MR) is 203 cm³/mol. The number of amides is 2. The van der Waals surface area contributed by atoms with Crippen LogP contribution in [0.25, 0.3) is 0 Å². The molecule has 4 aliphatic rings. The van der Waals surface area contributed by atoms with Gasteiger partial charge in [-0.2, -0.15) is 0 Å². The van der Waals surface area contributed by atoms with Crippen molar-refractivity contribution in [2.75, 3.05) is 44.6 Å².